The zero-order valence-electron chi connectivity index (χ0n) is 13.0. The number of nitrogens with zero attached hydrogens (tertiary/aromatic N) is 3. The summed E-state index contributed by atoms with van der Waals surface area (Å²) < 4.78 is 5.80. The second kappa shape index (κ2) is 7.18. The predicted octanol–water partition coefficient (Wildman–Crippen LogP) is 3.44. The number of benzene rings is 1. The van der Waals surface area contributed by atoms with E-state index in [0.29, 0.717) is 19.7 Å². The van der Waals surface area contributed by atoms with Crippen LogP contribution in [0.5, 0.6) is 0 Å². The Morgan fingerprint density at radius 2 is 2.26 bits per heavy atom. The van der Waals surface area contributed by atoms with E-state index in [-0.39, 0.29) is 6.09 Å². The van der Waals surface area contributed by atoms with Gasteiger partial charge in [-0.25, -0.2) is 4.79 Å². The summed E-state index contributed by atoms with van der Waals surface area (Å²) in [5.74, 6) is 0.785. The minimum absolute atomic E-state index is 0.222. The molecule has 122 valence electrons. The van der Waals surface area contributed by atoms with Gasteiger partial charge in [0.1, 0.15) is 6.61 Å². The molecule has 2 aromatic rings. The van der Waals surface area contributed by atoms with Gasteiger partial charge in [0.15, 0.2) is 4.34 Å². The molecule has 0 bridgehead atoms. The molecule has 0 unspecified atom stereocenters. The molecule has 1 fully saturated rings. The monoisotopic (exact) mass is 350 g/mol. The minimum atomic E-state index is -0.222. The van der Waals surface area contributed by atoms with Crippen molar-refractivity contribution in [3.63, 3.8) is 0 Å². The number of thioether (sulfide) groups is 1. The first-order valence-corrected chi connectivity index (χ1v) is 9.15. The number of nitrogens with one attached hydrogen (secondary N) is 1. The number of ether oxygens (including phenoxy) is 1. The van der Waals surface area contributed by atoms with Crippen molar-refractivity contribution in [1.82, 2.24) is 15.1 Å². The van der Waals surface area contributed by atoms with Crippen LogP contribution < -0.4 is 5.32 Å². The Morgan fingerprint density at radius 1 is 1.39 bits per heavy atom. The standard InChI is InChI=1S/C15H18N4O2S2/c1-10-4-3-5-12(11(10)2)16-13-17-18-14(23-13)22-9-7-19-6-8-21-15(19)20/h3-5H,6-9H2,1-2H3,(H,16,17). The van der Waals surface area contributed by atoms with Crippen molar-refractivity contribution in [2.24, 2.45) is 0 Å². The van der Waals surface area contributed by atoms with Gasteiger partial charge in [-0.05, 0) is 31.0 Å². The Balaban J connectivity index is 1.53. The number of hydrogen-bond donors (Lipinski definition) is 1. The van der Waals surface area contributed by atoms with E-state index in [9.17, 15) is 4.79 Å². The van der Waals surface area contributed by atoms with E-state index >= 15 is 0 Å². The lowest BCUT2D eigenvalue weighted by molar-refractivity contribution is 0.160. The molecule has 1 N–H and O–H groups in total. The van der Waals surface area contributed by atoms with Crippen molar-refractivity contribution < 1.29 is 9.53 Å². The zero-order valence-corrected chi connectivity index (χ0v) is 14.7. The average molecular weight is 350 g/mol. The number of cyclic esters (lactones) is 1. The van der Waals surface area contributed by atoms with Crippen LogP contribution in [0.15, 0.2) is 22.5 Å². The maximum atomic E-state index is 11.3. The van der Waals surface area contributed by atoms with Crippen molar-refractivity contribution in [3.05, 3.63) is 29.3 Å². The summed E-state index contributed by atoms with van der Waals surface area (Å²) in [6.07, 6.45) is -0.222. The van der Waals surface area contributed by atoms with Gasteiger partial charge in [-0.15, -0.1) is 10.2 Å². The molecule has 23 heavy (non-hydrogen) atoms. The van der Waals surface area contributed by atoms with Crippen LogP contribution in [0.3, 0.4) is 0 Å². The lowest BCUT2D eigenvalue weighted by Crippen LogP contribution is -2.26. The van der Waals surface area contributed by atoms with E-state index in [4.69, 9.17) is 4.74 Å². The molecule has 2 heterocycles. The van der Waals surface area contributed by atoms with Crippen molar-refractivity contribution in [2.45, 2.75) is 18.2 Å². The number of aryl methyl sites for hydroxylation is 1. The van der Waals surface area contributed by atoms with Crippen LogP contribution in [-0.2, 0) is 4.74 Å². The number of aromatic nitrogens is 2. The van der Waals surface area contributed by atoms with Gasteiger partial charge in [-0.3, -0.25) is 0 Å². The molecule has 1 aromatic carbocycles. The molecule has 1 amide bonds. The fourth-order valence-electron chi connectivity index (χ4n) is 2.19. The highest BCUT2D eigenvalue weighted by Gasteiger charge is 2.21. The number of carbonyl (C=O) groups excluding carboxylic acids is 1. The van der Waals surface area contributed by atoms with Gasteiger partial charge in [-0.1, -0.05) is 35.2 Å². The fourth-order valence-corrected chi connectivity index (χ4v) is 3.99. The van der Waals surface area contributed by atoms with Gasteiger partial charge >= 0.3 is 6.09 Å². The van der Waals surface area contributed by atoms with Crippen molar-refractivity contribution in [1.29, 1.82) is 0 Å². The Kier molecular flexibility index (Phi) is 5.02. The molecule has 0 saturated carbocycles. The molecule has 1 aromatic heterocycles. The summed E-state index contributed by atoms with van der Waals surface area (Å²) >= 11 is 3.12. The molecule has 0 radical (unpaired) electrons. The largest absolute Gasteiger partial charge is 0.448 e. The van der Waals surface area contributed by atoms with E-state index in [2.05, 4.69) is 35.4 Å². The molecular weight excluding hydrogens is 332 g/mol. The number of amides is 1. The van der Waals surface area contributed by atoms with Gasteiger partial charge in [0.05, 0.1) is 6.54 Å². The summed E-state index contributed by atoms with van der Waals surface area (Å²) in [5, 5.41) is 12.5. The summed E-state index contributed by atoms with van der Waals surface area (Å²) in [7, 11) is 0. The summed E-state index contributed by atoms with van der Waals surface area (Å²) in [6, 6.07) is 6.15. The molecule has 6 nitrogen and oxygen atoms in total. The Hall–Kier alpha value is -1.80. The molecule has 1 saturated heterocycles. The Labute approximate surface area is 143 Å². The first-order chi connectivity index (χ1) is 11.1. The van der Waals surface area contributed by atoms with Crippen LogP contribution in [0.4, 0.5) is 15.6 Å². The summed E-state index contributed by atoms with van der Waals surface area (Å²) in [5.41, 5.74) is 3.51. The molecule has 1 aliphatic heterocycles. The van der Waals surface area contributed by atoms with E-state index < -0.39 is 0 Å². The second-order valence-corrected chi connectivity index (χ2v) is 7.52. The third kappa shape index (κ3) is 3.94. The van der Waals surface area contributed by atoms with Crippen molar-refractivity contribution in [3.8, 4) is 0 Å². The smallest absolute Gasteiger partial charge is 0.409 e. The Morgan fingerprint density at radius 3 is 3.04 bits per heavy atom. The predicted molar refractivity (Wildman–Crippen MR) is 92.8 cm³/mol. The maximum Gasteiger partial charge on any atom is 0.409 e. The van der Waals surface area contributed by atoms with E-state index in [1.165, 1.54) is 22.5 Å². The first kappa shape index (κ1) is 16.1. The van der Waals surface area contributed by atoms with Crippen molar-refractivity contribution >= 4 is 40.0 Å². The lowest BCUT2D eigenvalue weighted by atomic mass is 10.1. The van der Waals surface area contributed by atoms with Crippen LogP contribution in [0.1, 0.15) is 11.1 Å². The van der Waals surface area contributed by atoms with E-state index in [1.807, 2.05) is 12.1 Å². The summed E-state index contributed by atoms with van der Waals surface area (Å²) in [4.78, 5) is 13.1. The number of rotatable bonds is 6. The quantitative estimate of drug-likeness (QED) is 0.805. The molecular formula is C15H18N4O2S2. The van der Waals surface area contributed by atoms with Crippen LogP contribution in [0.2, 0.25) is 0 Å². The van der Waals surface area contributed by atoms with Crippen molar-refractivity contribution in [2.75, 3.05) is 30.8 Å². The van der Waals surface area contributed by atoms with Gasteiger partial charge in [0.2, 0.25) is 5.13 Å². The van der Waals surface area contributed by atoms with E-state index in [1.54, 1.807) is 16.7 Å². The van der Waals surface area contributed by atoms with Crippen LogP contribution in [-0.4, -0.2) is 46.6 Å². The highest BCUT2D eigenvalue weighted by molar-refractivity contribution is 8.01. The molecule has 0 atom stereocenters. The zero-order chi connectivity index (χ0) is 16.2. The van der Waals surface area contributed by atoms with Gasteiger partial charge in [0.25, 0.3) is 0 Å². The highest BCUT2D eigenvalue weighted by Crippen LogP contribution is 2.29. The molecule has 1 aliphatic rings. The minimum Gasteiger partial charge on any atom is -0.448 e. The molecule has 3 rings (SSSR count). The SMILES string of the molecule is Cc1cccc(Nc2nnc(SCCN3CCOC3=O)s2)c1C. The third-order valence-electron chi connectivity index (χ3n) is 3.68. The normalized spacial score (nSPS) is 14.2. The molecule has 0 aliphatic carbocycles. The molecule has 0 spiro atoms. The first-order valence-electron chi connectivity index (χ1n) is 7.35. The average Bonchev–Trinajstić information content (AvgIpc) is 3.14. The topological polar surface area (TPSA) is 67.3 Å². The summed E-state index contributed by atoms with van der Waals surface area (Å²) in [6.45, 7) is 6.01. The molecule has 8 heteroatoms. The van der Waals surface area contributed by atoms with E-state index in [0.717, 1.165) is 20.9 Å². The van der Waals surface area contributed by atoms with Gasteiger partial charge in [-0.2, -0.15) is 0 Å². The fraction of sp³-hybridized carbons (Fsp3) is 0.400. The van der Waals surface area contributed by atoms with Crippen LogP contribution >= 0.6 is 23.1 Å². The second-order valence-electron chi connectivity index (χ2n) is 5.20. The number of carbonyl (C=O) groups is 1. The number of hydrogen-bond acceptors (Lipinski definition) is 7. The van der Waals surface area contributed by atoms with Crippen LogP contribution in [0, 0.1) is 13.8 Å². The third-order valence-corrected chi connectivity index (χ3v) is 5.64. The van der Waals surface area contributed by atoms with Gasteiger partial charge < -0.3 is 15.0 Å². The lowest BCUT2D eigenvalue weighted by Gasteiger charge is -2.10. The maximum absolute atomic E-state index is 11.3. The Bertz CT molecular complexity index is 705. The van der Waals surface area contributed by atoms with Gasteiger partial charge in [0, 0.05) is 18.0 Å². The number of anilines is 2. The highest BCUT2D eigenvalue weighted by atomic mass is 32.2. The van der Waals surface area contributed by atoms with Crippen LogP contribution in [0.25, 0.3) is 0 Å².